The van der Waals surface area contributed by atoms with E-state index >= 15 is 0 Å². The van der Waals surface area contributed by atoms with Crippen LogP contribution < -0.4 is 11.1 Å². The minimum atomic E-state index is -0.876. The molecule has 4 nitrogen and oxygen atoms in total. The van der Waals surface area contributed by atoms with Gasteiger partial charge < -0.3 is 15.8 Å². The van der Waals surface area contributed by atoms with Crippen LogP contribution in [0.1, 0.15) is 46.6 Å². The van der Waals surface area contributed by atoms with Crippen LogP contribution in [0, 0.1) is 10.8 Å². The Kier molecular flexibility index (Phi) is 7.57. The third kappa shape index (κ3) is 4.72. The number of hydrogen-bond acceptors (Lipinski definition) is 3. The molecule has 0 radical (unpaired) electrons. The van der Waals surface area contributed by atoms with E-state index < -0.39 is 5.54 Å². The van der Waals surface area contributed by atoms with Gasteiger partial charge in [-0.2, -0.15) is 0 Å². The molecule has 1 saturated carbocycles. The van der Waals surface area contributed by atoms with Crippen LogP contribution in [0.4, 0.5) is 0 Å². The van der Waals surface area contributed by atoms with E-state index in [0.29, 0.717) is 19.6 Å². The van der Waals surface area contributed by atoms with Crippen LogP contribution in [0.15, 0.2) is 24.3 Å². The lowest BCUT2D eigenvalue weighted by atomic mass is 9.54. The number of halogens is 2. The number of rotatable bonds is 7. The molecule has 2 unspecified atom stereocenters. The zero-order chi connectivity index (χ0) is 18.9. The van der Waals surface area contributed by atoms with Crippen molar-refractivity contribution in [2.75, 3.05) is 13.2 Å². The van der Waals surface area contributed by atoms with E-state index in [9.17, 15) is 4.79 Å². The second kappa shape index (κ2) is 8.47. The summed E-state index contributed by atoms with van der Waals surface area (Å²) in [6, 6.07) is 7.84. The Bertz CT molecular complexity index is 634. The van der Waals surface area contributed by atoms with Crippen molar-refractivity contribution in [1.29, 1.82) is 0 Å². The van der Waals surface area contributed by atoms with Crippen molar-refractivity contribution in [3.63, 3.8) is 0 Å². The summed E-state index contributed by atoms with van der Waals surface area (Å²) < 4.78 is 5.70. The largest absolute Gasteiger partial charge is 0.378 e. The quantitative estimate of drug-likeness (QED) is 0.724. The molecule has 0 bridgehead atoms. The van der Waals surface area contributed by atoms with Gasteiger partial charge in [0.1, 0.15) is 5.54 Å². The van der Waals surface area contributed by atoms with Crippen LogP contribution in [0.25, 0.3) is 0 Å². The van der Waals surface area contributed by atoms with Crippen LogP contribution in [-0.4, -0.2) is 30.7 Å². The molecule has 6 heteroatoms. The lowest BCUT2D eigenvalue weighted by Crippen LogP contribution is -2.76. The molecule has 0 aromatic heterocycles. The van der Waals surface area contributed by atoms with Crippen molar-refractivity contribution in [2.45, 2.75) is 59.1 Å². The number of carbonyl (C=O) groups excluding carboxylic acids is 1. The van der Waals surface area contributed by atoms with E-state index in [1.165, 1.54) is 0 Å². The summed E-state index contributed by atoms with van der Waals surface area (Å²) in [5.74, 6) is -0.0902. The lowest BCUT2D eigenvalue weighted by molar-refractivity contribution is -0.170. The normalized spacial score (nSPS) is 24.3. The number of nitrogens with two attached hydrogens (primary N) is 1. The molecule has 0 saturated heterocycles. The first kappa shape index (κ1) is 23.2. The molecule has 2 rings (SSSR count). The third-order valence-corrected chi connectivity index (χ3v) is 5.77. The highest BCUT2D eigenvalue weighted by Crippen LogP contribution is 2.49. The monoisotopic (exact) mass is 402 g/mol. The number of carbonyl (C=O) groups is 1. The van der Waals surface area contributed by atoms with E-state index in [2.05, 4.69) is 25.2 Å². The van der Waals surface area contributed by atoms with E-state index in [-0.39, 0.29) is 35.2 Å². The summed E-state index contributed by atoms with van der Waals surface area (Å²) >= 11 is 6.06. The fraction of sp³-hybridized carbons (Fsp3) is 0.650. The second-order valence-corrected chi connectivity index (χ2v) is 8.93. The molecule has 1 aliphatic rings. The highest BCUT2D eigenvalue weighted by molar-refractivity contribution is 6.30. The smallest absolute Gasteiger partial charge is 0.240 e. The molecule has 26 heavy (non-hydrogen) atoms. The first-order valence-electron chi connectivity index (χ1n) is 8.95. The molecule has 1 fully saturated rings. The minimum Gasteiger partial charge on any atom is -0.378 e. The summed E-state index contributed by atoms with van der Waals surface area (Å²) in [7, 11) is 0. The zero-order valence-corrected chi connectivity index (χ0v) is 18.0. The summed E-state index contributed by atoms with van der Waals surface area (Å²) in [6.07, 6.45) is 1.43. The fourth-order valence-corrected chi connectivity index (χ4v) is 3.77. The van der Waals surface area contributed by atoms with Crippen LogP contribution in [0.3, 0.4) is 0 Å². The van der Waals surface area contributed by atoms with Crippen molar-refractivity contribution < 1.29 is 9.53 Å². The maximum absolute atomic E-state index is 12.8. The summed E-state index contributed by atoms with van der Waals surface area (Å²) in [6.45, 7) is 11.4. The highest BCUT2D eigenvalue weighted by atomic mass is 35.5. The molecule has 2 atom stereocenters. The molecule has 0 heterocycles. The molecular formula is C20H32Cl2N2O2. The lowest BCUT2D eigenvalue weighted by Gasteiger charge is -2.57. The molecule has 1 aromatic rings. The van der Waals surface area contributed by atoms with E-state index in [1.54, 1.807) is 0 Å². The van der Waals surface area contributed by atoms with Gasteiger partial charge in [-0.15, -0.1) is 12.4 Å². The van der Waals surface area contributed by atoms with E-state index in [1.807, 2.05) is 39.0 Å². The molecule has 0 spiro atoms. The van der Waals surface area contributed by atoms with Crippen LogP contribution in [-0.2, 0) is 16.0 Å². The molecule has 1 aliphatic carbocycles. The predicted octanol–water partition coefficient (Wildman–Crippen LogP) is 3.98. The minimum absolute atomic E-state index is 0. The number of ether oxygens (including phenoxy) is 1. The molecule has 1 amide bonds. The standard InChI is InChI=1S/C20H31ClN2O2.ClH/c1-6-25-16-12-20(22,19(16,4)5)17(24)23-13-18(2,3)11-14-8-7-9-15(21)10-14;/h7-10,16H,6,11-13,22H2,1-5H3,(H,23,24);1H. The van der Waals surface area contributed by atoms with Gasteiger partial charge in [-0.3, -0.25) is 4.79 Å². The van der Waals surface area contributed by atoms with Crippen LogP contribution >= 0.6 is 24.0 Å². The van der Waals surface area contributed by atoms with Gasteiger partial charge in [0.2, 0.25) is 5.91 Å². The topological polar surface area (TPSA) is 64.3 Å². The third-order valence-electron chi connectivity index (χ3n) is 5.53. The first-order valence-corrected chi connectivity index (χ1v) is 9.33. The predicted molar refractivity (Wildman–Crippen MR) is 110 cm³/mol. The fourth-order valence-electron chi connectivity index (χ4n) is 3.56. The Labute approximate surface area is 168 Å². The Morgan fingerprint density at radius 2 is 2.08 bits per heavy atom. The van der Waals surface area contributed by atoms with Crippen LogP contribution in [0.5, 0.6) is 0 Å². The van der Waals surface area contributed by atoms with Gasteiger partial charge in [-0.05, 0) is 36.5 Å². The van der Waals surface area contributed by atoms with Gasteiger partial charge in [-0.1, -0.05) is 51.4 Å². The Balaban J connectivity index is 0.00000338. The molecule has 0 aliphatic heterocycles. The van der Waals surface area contributed by atoms with E-state index in [4.69, 9.17) is 22.1 Å². The Morgan fingerprint density at radius 1 is 1.42 bits per heavy atom. The molecule has 3 N–H and O–H groups in total. The maximum atomic E-state index is 12.8. The van der Waals surface area contributed by atoms with E-state index in [0.717, 1.165) is 17.0 Å². The van der Waals surface area contributed by atoms with Crippen molar-refractivity contribution in [3.8, 4) is 0 Å². The summed E-state index contributed by atoms with van der Waals surface area (Å²) in [5.41, 5.74) is 6.26. The molecule has 148 valence electrons. The highest BCUT2D eigenvalue weighted by Gasteiger charge is 2.62. The SMILES string of the molecule is CCOC1CC(N)(C(=O)NCC(C)(C)Cc2cccc(Cl)c2)C1(C)C.Cl. The van der Waals surface area contributed by atoms with Gasteiger partial charge in [0.15, 0.2) is 0 Å². The average molecular weight is 403 g/mol. The van der Waals surface area contributed by atoms with Crippen molar-refractivity contribution >= 4 is 29.9 Å². The Morgan fingerprint density at radius 3 is 2.62 bits per heavy atom. The van der Waals surface area contributed by atoms with Gasteiger partial charge in [-0.25, -0.2) is 0 Å². The van der Waals surface area contributed by atoms with Gasteiger partial charge in [0.25, 0.3) is 0 Å². The maximum Gasteiger partial charge on any atom is 0.240 e. The first-order chi connectivity index (χ1) is 11.5. The van der Waals surface area contributed by atoms with Crippen molar-refractivity contribution in [3.05, 3.63) is 34.9 Å². The number of benzene rings is 1. The number of nitrogens with one attached hydrogen (secondary N) is 1. The zero-order valence-electron chi connectivity index (χ0n) is 16.4. The summed E-state index contributed by atoms with van der Waals surface area (Å²) in [4.78, 5) is 12.8. The molecule has 1 aromatic carbocycles. The van der Waals surface area contributed by atoms with Gasteiger partial charge in [0, 0.05) is 30.0 Å². The summed E-state index contributed by atoms with van der Waals surface area (Å²) in [5, 5.41) is 3.80. The Hall–Kier alpha value is -0.810. The van der Waals surface area contributed by atoms with Crippen molar-refractivity contribution in [2.24, 2.45) is 16.6 Å². The number of hydrogen-bond donors (Lipinski definition) is 2. The van der Waals surface area contributed by atoms with Crippen molar-refractivity contribution in [1.82, 2.24) is 5.32 Å². The average Bonchev–Trinajstić information content (AvgIpc) is 2.51. The van der Waals surface area contributed by atoms with Gasteiger partial charge in [0.05, 0.1) is 6.10 Å². The number of amides is 1. The second-order valence-electron chi connectivity index (χ2n) is 8.49. The molecular weight excluding hydrogens is 371 g/mol. The van der Waals surface area contributed by atoms with Gasteiger partial charge >= 0.3 is 0 Å². The van der Waals surface area contributed by atoms with Crippen LogP contribution in [0.2, 0.25) is 5.02 Å².